The van der Waals surface area contributed by atoms with Gasteiger partial charge in [0.2, 0.25) is 5.90 Å². The van der Waals surface area contributed by atoms with E-state index in [4.69, 9.17) is 29.8 Å². The molecule has 208 valence electrons. The number of carbonyl (C=O) groups is 1. The molecule has 2 atom stereocenters. The molecule has 0 aromatic heterocycles. The summed E-state index contributed by atoms with van der Waals surface area (Å²) in [5.41, 5.74) is 10.6. The largest absolute Gasteiger partial charge is 0.497 e. The maximum atomic E-state index is 13.9. The number of aliphatic imine (C=N–C) groups is 1. The highest BCUT2D eigenvalue weighted by Gasteiger charge is 2.50. The van der Waals surface area contributed by atoms with Gasteiger partial charge in [0, 0.05) is 42.2 Å². The summed E-state index contributed by atoms with van der Waals surface area (Å²) in [6.45, 7) is 2.69. The third kappa shape index (κ3) is 6.72. The van der Waals surface area contributed by atoms with Gasteiger partial charge >= 0.3 is 0 Å². The van der Waals surface area contributed by atoms with E-state index in [1.807, 2.05) is 55.5 Å². The van der Waals surface area contributed by atoms with Gasteiger partial charge in [-0.1, -0.05) is 41.5 Å². The number of azide groups is 1. The van der Waals surface area contributed by atoms with Crippen molar-refractivity contribution in [2.24, 2.45) is 10.1 Å². The Balaban J connectivity index is 1.60. The lowest BCUT2D eigenvalue weighted by Crippen LogP contribution is -2.52. The predicted molar refractivity (Wildman–Crippen MR) is 152 cm³/mol. The maximum absolute atomic E-state index is 13.9. The van der Waals surface area contributed by atoms with Crippen LogP contribution in [0.4, 0.5) is 5.69 Å². The SMILES string of the molecule is COc1cccc(CCNC(=O)[C@]2(Cc3ccccc3N=[N+]=[N-])N=C(c3ccc(OCCCO)cc3)O[C@@H]2C)c1. The predicted octanol–water partition coefficient (Wildman–Crippen LogP) is 4.90. The van der Waals surface area contributed by atoms with E-state index >= 15 is 0 Å². The average molecular weight is 544 g/mol. The van der Waals surface area contributed by atoms with Gasteiger partial charge in [0.1, 0.15) is 17.6 Å². The zero-order valence-corrected chi connectivity index (χ0v) is 22.6. The lowest BCUT2D eigenvalue weighted by atomic mass is 9.85. The fourth-order valence-electron chi connectivity index (χ4n) is 4.54. The van der Waals surface area contributed by atoms with Crippen LogP contribution in [0.1, 0.15) is 30.0 Å². The van der Waals surface area contributed by atoms with Gasteiger partial charge in [-0.05, 0) is 66.4 Å². The van der Waals surface area contributed by atoms with Crippen molar-refractivity contribution in [1.29, 1.82) is 0 Å². The lowest BCUT2D eigenvalue weighted by Gasteiger charge is -2.28. The molecule has 1 heterocycles. The van der Waals surface area contributed by atoms with Crippen LogP contribution in [-0.4, -0.2) is 55.4 Å². The quantitative estimate of drug-likeness (QED) is 0.137. The number of aliphatic hydroxyl groups is 1. The molecule has 0 unspecified atom stereocenters. The molecule has 40 heavy (non-hydrogen) atoms. The number of hydrogen-bond acceptors (Lipinski definition) is 7. The molecule has 0 saturated carbocycles. The van der Waals surface area contributed by atoms with Crippen molar-refractivity contribution in [3.63, 3.8) is 0 Å². The second-order valence-corrected chi connectivity index (χ2v) is 9.40. The van der Waals surface area contributed by atoms with Crippen molar-refractivity contribution in [3.05, 3.63) is 99.9 Å². The monoisotopic (exact) mass is 543 g/mol. The van der Waals surface area contributed by atoms with E-state index in [2.05, 4.69) is 15.3 Å². The Kier molecular flexibility index (Phi) is 9.62. The molecular formula is C30H33N5O5. The van der Waals surface area contributed by atoms with Crippen LogP contribution in [0.2, 0.25) is 0 Å². The lowest BCUT2D eigenvalue weighted by molar-refractivity contribution is -0.128. The Hall–Kier alpha value is -4.53. The number of hydrogen-bond donors (Lipinski definition) is 2. The number of nitrogens with zero attached hydrogens (tertiary/aromatic N) is 4. The van der Waals surface area contributed by atoms with Gasteiger partial charge in [-0.15, -0.1) is 0 Å². The first-order valence-electron chi connectivity index (χ1n) is 13.1. The number of amides is 1. The van der Waals surface area contributed by atoms with E-state index in [1.165, 1.54) is 0 Å². The normalized spacial score (nSPS) is 17.8. The molecule has 0 radical (unpaired) electrons. The zero-order valence-electron chi connectivity index (χ0n) is 22.6. The molecular weight excluding hydrogens is 510 g/mol. The average Bonchev–Trinajstić information content (AvgIpc) is 3.31. The van der Waals surface area contributed by atoms with E-state index < -0.39 is 11.6 Å². The van der Waals surface area contributed by atoms with Gasteiger partial charge in [0.15, 0.2) is 5.54 Å². The Morgan fingerprint density at radius 3 is 2.70 bits per heavy atom. The van der Waals surface area contributed by atoms with E-state index in [0.29, 0.717) is 54.5 Å². The number of carbonyl (C=O) groups excluding carboxylic acids is 1. The fraction of sp³-hybridized carbons (Fsp3) is 0.333. The molecule has 0 bridgehead atoms. The Morgan fingerprint density at radius 1 is 1.15 bits per heavy atom. The van der Waals surface area contributed by atoms with Crippen molar-refractivity contribution in [1.82, 2.24) is 5.32 Å². The van der Waals surface area contributed by atoms with Gasteiger partial charge in [-0.2, -0.15) is 0 Å². The van der Waals surface area contributed by atoms with E-state index in [9.17, 15) is 4.79 Å². The van der Waals surface area contributed by atoms with Crippen molar-refractivity contribution in [3.8, 4) is 11.5 Å². The van der Waals surface area contributed by atoms with Crippen LogP contribution < -0.4 is 14.8 Å². The van der Waals surface area contributed by atoms with Crippen LogP contribution in [0.15, 0.2) is 82.9 Å². The van der Waals surface area contributed by atoms with Crippen molar-refractivity contribution < 1.29 is 24.1 Å². The van der Waals surface area contributed by atoms with Gasteiger partial charge in [-0.3, -0.25) is 4.79 Å². The van der Waals surface area contributed by atoms with Gasteiger partial charge < -0.3 is 24.6 Å². The molecule has 1 aliphatic heterocycles. The van der Waals surface area contributed by atoms with Crippen LogP contribution in [0.5, 0.6) is 11.5 Å². The molecule has 4 rings (SSSR count). The minimum absolute atomic E-state index is 0.0626. The van der Waals surface area contributed by atoms with Gasteiger partial charge in [0.05, 0.1) is 13.7 Å². The minimum atomic E-state index is -1.29. The summed E-state index contributed by atoms with van der Waals surface area (Å²) in [6.07, 6.45) is 0.735. The number of rotatable bonds is 13. The van der Waals surface area contributed by atoms with Crippen LogP contribution in [0.3, 0.4) is 0 Å². The van der Waals surface area contributed by atoms with Crippen molar-refractivity contribution in [2.45, 2.75) is 37.8 Å². The third-order valence-electron chi connectivity index (χ3n) is 6.77. The Labute approximate surface area is 233 Å². The molecule has 0 saturated heterocycles. The zero-order chi connectivity index (χ0) is 28.4. The first-order chi connectivity index (χ1) is 19.5. The highest BCUT2D eigenvalue weighted by Crippen LogP contribution is 2.35. The molecule has 0 aliphatic carbocycles. The minimum Gasteiger partial charge on any atom is -0.497 e. The summed E-state index contributed by atoms with van der Waals surface area (Å²) in [6, 6.07) is 22.1. The van der Waals surface area contributed by atoms with Crippen LogP contribution in [-0.2, 0) is 22.4 Å². The Morgan fingerprint density at radius 2 is 1.95 bits per heavy atom. The van der Waals surface area contributed by atoms with E-state index in [-0.39, 0.29) is 18.9 Å². The summed E-state index contributed by atoms with van der Waals surface area (Å²) in [4.78, 5) is 21.7. The van der Waals surface area contributed by atoms with E-state index in [0.717, 1.165) is 11.3 Å². The molecule has 3 aromatic rings. The summed E-state index contributed by atoms with van der Waals surface area (Å²) in [7, 11) is 1.62. The third-order valence-corrected chi connectivity index (χ3v) is 6.77. The molecule has 0 fully saturated rings. The summed E-state index contributed by atoms with van der Waals surface area (Å²) >= 11 is 0. The molecule has 10 nitrogen and oxygen atoms in total. The molecule has 2 N–H and O–H groups in total. The molecule has 0 spiro atoms. The molecule has 1 amide bonds. The topological polar surface area (TPSA) is 138 Å². The fourth-order valence-corrected chi connectivity index (χ4v) is 4.54. The van der Waals surface area contributed by atoms with Gasteiger partial charge in [0.25, 0.3) is 5.91 Å². The summed E-state index contributed by atoms with van der Waals surface area (Å²) in [5, 5.41) is 15.8. The van der Waals surface area contributed by atoms with Crippen LogP contribution in [0, 0.1) is 0 Å². The standard InChI is InChI=1S/C30H33N5O5/c1-21-30(20-24-8-3-4-10-27(24)34-35-31,29(37)32-16-15-22-7-5-9-26(19-22)38-2)33-28(40-21)23-11-13-25(14-12-23)39-18-6-17-36/h3-5,7-14,19,21,36H,6,15-18,20H2,1-2H3,(H,32,37)/t21-,30-/m1/s1. The second-order valence-electron chi connectivity index (χ2n) is 9.40. The summed E-state index contributed by atoms with van der Waals surface area (Å²) < 4.78 is 17.1. The first kappa shape index (κ1) is 28.5. The highest BCUT2D eigenvalue weighted by atomic mass is 16.5. The number of nitrogens with one attached hydrogen (secondary N) is 1. The maximum Gasteiger partial charge on any atom is 0.252 e. The highest BCUT2D eigenvalue weighted by molar-refractivity contribution is 6.01. The van der Waals surface area contributed by atoms with Gasteiger partial charge in [-0.25, -0.2) is 4.99 Å². The van der Waals surface area contributed by atoms with Crippen molar-refractivity contribution >= 4 is 17.5 Å². The number of ether oxygens (including phenoxy) is 3. The second kappa shape index (κ2) is 13.5. The number of aliphatic hydroxyl groups excluding tert-OH is 1. The summed E-state index contributed by atoms with van der Waals surface area (Å²) in [5.74, 6) is 1.48. The number of methoxy groups -OCH3 is 1. The molecule has 10 heteroatoms. The number of benzene rings is 3. The molecule has 1 aliphatic rings. The Bertz CT molecular complexity index is 1390. The molecule has 3 aromatic carbocycles. The van der Waals surface area contributed by atoms with Crippen molar-refractivity contribution in [2.75, 3.05) is 26.9 Å². The first-order valence-corrected chi connectivity index (χ1v) is 13.1. The smallest absolute Gasteiger partial charge is 0.252 e. The van der Waals surface area contributed by atoms with Crippen LogP contribution >= 0.6 is 0 Å². The van der Waals surface area contributed by atoms with E-state index in [1.54, 1.807) is 31.4 Å². The van der Waals surface area contributed by atoms with Crippen LogP contribution in [0.25, 0.3) is 10.4 Å².